The Morgan fingerprint density at radius 2 is 2.00 bits per heavy atom. The van der Waals surface area contributed by atoms with Crippen molar-refractivity contribution in [3.05, 3.63) is 35.5 Å². The molecule has 30 heavy (non-hydrogen) atoms. The summed E-state index contributed by atoms with van der Waals surface area (Å²) in [4.78, 5) is 36.3. The van der Waals surface area contributed by atoms with Gasteiger partial charge in [0.2, 0.25) is 0 Å². The standard InChI is InChI=1S/C25H32O5/c1-13-8-17-19-9-14(2)22(21(29)12-30-15(3)26)25(19,5)11-20(28)23(17)24(4)7-6-16(27)10-18(13)24/h6-8,10,14,17,19-20,22-23,28H,9,11-12H2,1-5H3/t14-,17+,19+,20+,22-,23-,24+,25+/m1/s1. The molecule has 0 bridgehead atoms. The van der Waals surface area contributed by atoms with E-state index in [0.29, 0.717) is 6.42 Å². The molecule has 0 saturated heterocycles. The van der Waals surface area contributed by atoms with Crippen LogP contribution in [0.4, 0.5) is 0 Å². The zero-order valence-electron chi connectivity index (χ0n) is 18.5. The van der Waals surface area contributed by atoms with Crippen molar-refractivity contribution in [1.29, 1.82) is 0 Å². The highest BCUT2D eigenvalue weighted by atomic mass is 16.5. The largest absolute Gasteiger partial charge is 0.458 e. The molecular weight excluding hydrogens is 380 g/mol. The summed E-state index contributed by atoms with van der Waals surface area (Å²) in [5.74, 6) is -0.204. The van der Waals surface area contributed by atoms with E-state index in [9.17, 15) is 19.5 Å². The van der Waals surface area contributed by atoms with Gasteiger partial charge in [0.25, 0.3) is 0 Å². The summed E-state index contributed by atoms with van der Waals surface area (Å²) in [6, 6.07) is 0. The van der Waals surface area contributed by atoms with Crippen LogP contribution in [0, 0.1) is 40.4 Å². The van der Waals surface area contributed by atoms with Gasteiger partial charge in [0.15, 0.2) is 11.6 Å². The fraction of sp³-hybridized carbons (Fsp3) is 0.640. The van der Waals surface area contributed by atoms with Gasteiger partial charge in [-0.05, 0) is 60.7 Å². The maximum atomic E-state index is 13.0. The van der Waals surface area contributed by atoms with E-state index in [0.717, 1.165) is 17.6 Å². The maximum Gasteiger partial charge on any atom is 0.303 e. The summed E-state index contributed by atoms with van der Waals surface area (Å²) in [5.41, 5.74) is 1.36. The smallest absolute Gasteiger partial charge is 0.303 e. The Bertz CT molecular complexity index is 895. The molecule has 0 amide bonds. The molecule has 4 aliphatic rings. The third-order valence-electron chi connectivity index (χ3n) is 8.48. The Morgan fingerprint density at radius 3 is 2.67 bits per heavy atom. The van der Waals surface area contributed by atoms with Gasteiger partial charge in [-0.3, -0.25) is 14.4 Å². The van der Waals surface area contributed by atoms with Crippen LogP contribution in [0.2, 0.25) is 0 Å². The van der Waals surface area contributed by atoms with Crippen molar-refractivity contribution in [2.45, 2.75) is 53.6 Å². The Hall–Kier alpha value is -2.01. The zero-order chi connectivity index (χ0) is 22.0. The summed E-state index contributed by atoms with van der Waals surface area (Å²) in [7, 11) is 0. The minimum atomic E-state index is -0.582. The normalized spacial score (nSPS) is 44.4. The van der Waals surface area contributed by atoms with Gasteiger partial charge in [-0.25, -0.2) is 0 Å². The molecule has 162 valence electrons. The Labute approximate surface area is 178 Å². The van der Waals surface area contributed by atoms with Crippen LogP contribution < -0.4 is 0 Å². The second-order valence-corrected chi connectivity index (χ2v) is 10.4. The molecule has 0 aromatic rings. The number of Topliss-reactive ketones (excluding diaryl/α,β-unsaturated/α-hetero) is 1. The Balaban J connectivity index is 1.73. The maximum absolute atomic E-state index is 13.0. The SMILES string of the molecule is CC(=O)OCC(=O)[C@H]1[C@H](C)C[C@H]2[C@@H]3C=C(C)C4=CC(=O)C=C[C@]4(C)[C@H]3[C@@H](O)C[C@@]21C. The van der Waals surface area contributed by atoms with E-state index in [1.807, 2.05) is 13.0 Å². The number of carbonyl (C=O) groups is 3. The van der Waals surface area contributed by atoms with Crippen LogP contribution in [-0.4, -0.2) is 35.4 Å². The summed E-state index contributed by atoms with van der Waals surface area (Å²) < 4.78 is 5.03. The van der Waals surface area contributed by atoms with E-state index in [-0.39, 0.29) is 58.6 Å². The minimum absolute atomic E-state index is 0.00515. The van der Waals surface area contributed by atoms with Crippen molar-refractivity contribution < 1.29 is 24.2 Å². The molecule has 0 heterocycles. The zero-order valence-corrected chi connectivity index (χ0v) is 18.5. The van der Waals surface area contributed by atoms with Crippen LogP contribution in [-0.2, 0) is 19.1 Å². The first-order valence-electron chi connectivity index (χ1n) is 11.0. The molecule has 1 N–H and O–H groups in total. The third kappa shape index (κ3) is 2.96. The number of ketones is 2. The average molecular weight is 413 g/mol. The van der Waals surface area contributed by atoms with Gasteiger partial charge in [0.05, 0.1) is 6.10 Å². The van der Waals surface area contributed by atoms with Gasteiger partial charge >= 0.3 is 5.97 Å². The molecule has 0 aromatic carbocycles. The molecule has 0 aliphatic heterocycles. The van der Waals surface area contributed by atoms with E-state index in [1.165, 1.54) is 6.92 Å². The van der Waals surface area contributed by atoms with Crippen molar-refractivity contribution in [3.8, 4) is 0 Å². The molecule has 2 fully saturated rings. The van der Waals surface area contributed by atoms with Crippen LogP contribution in [0.5, 0.6) is 0 Å². The monoisotopic (exact) mass is 412 g/mol. The predicted molar refractivity (Wildman–Crippen MR) is 112 cm³/mol. The molecule has 0 spiro atoms. The molecule has 4 rings (SSSR count). The lowest BCUT2D eigenvalue weighted by Crippen LogP contribution is -2.56. The average Bonchev–Trinajstić information content (AvgIpc) is 2.91. The van der Waals surface area contributed by atoms with Crippen molar-refractivity contribution in [2.75, 3.05) is 6.61 Å². The van der Waals surface area contributed by atoms with Gasteiger partial charge < -0.3 is 9.84 Å². The molecule has 5 heteroatoms. The van der Waals surface area contributed by atoms with Crippen molar-refractivity contribution in [3.63, 3.8) is 0 Å². The first-order valence-corrected chi connectivity index (χ1v) is 11.0. The third-order valence-corrected chi connectivity index (χ3v) is 8.48. The number of fused-ring (bicyclic) bond motifs is 5. The summed E-state index contributed by atoms with van der Waals surface area (Å²) in [5, 5.41) is 11.4. The van der Waals surface area contributed by atoms with E-state index < -0.39 is 12.1 Å². The lowest BCUT2D eigenvalue weighted by molar-refractivity contribution is -0.151. The number of hydrogen-bond acceptors (Lipinski definition) is 5. The number of aliphatic hydroxyl groups is 1. The molecule has 0 unspecified atom stereocenters. The molecular formula is C25H32O5. The first-order chi connectivity index (χ1) is 14.0. The number of carbonyl (C=O) groups excluding carboxylic acids is 3. The minimum Gasteiger partial charge on any atom is -0.458 e. The quantitative estimate of drug-likeness (QED) is 0.719. The van der Waals surface area contributed by atoms with Crippen molar-refractivity contribution in [2.24, 2.45) is 40.4 Å². The first kappa shape index (κ1) is 21.2. The highest BCUT2D eigenvalue weighted by Gasteiger charge is 2.63. The highest BCUT2D eigenvalue weighted by Crippen LogP contribution is 2.66. The van der Waals surface area contributed by atoms with E-state index in [2.05, 4.69) is 26.8 Å². The highest BCUT2D eigenvalue weighted by molar-refractivity contribution is 6.02. The fourth-order valence-corrected chi connectivity index (χ4v) is 7.51. The van der Waals surface area contributed by atoms with E-state index in [1.54, 1.807) is 12.2 Å². The number of rotatable bonds is 3. The lowest BCUT2D eigenvalue weighted by atomic mass is 9.47. The summed E-state index contributed by atoms with van der Waals surface area (Å²) >= 11 is 0. The second kappa shape index (κ2) is 7.01. The molecule has 0 aromatic heterocycles. The van der Waals surface area contributed by atoms with Crippen LogP contribution in [0.1, 0.15) is 47.5 Å². The van der Waals surface area contributed by atoms with Gasteiger partial charge in [0, 0.05) is 24.2 Å². The number of hydrogen-bond donors (Lipinski definition) is 1. The number of ether oxygens (including phenoxy) is 1. The second-order valence-electron chi connectivity index (χ2n) is 10.4. The molecule has 0 radical (unpaired) electrons. The Morgan fingerprint density at radius 1 is 1.30 bits per heavy atom. The van der Waals surface area contributed by atoms with Crippen molar-refractivity contribution in [1.82, 2.24) is 0 Å². The van der Waals surface area contributed by atoms with Gasteiger partial charge in [-0.15, -0.1) is 0 Å². The molecule has 8 atom stereocenters. The number of aliphatic hydroxyl groups excluding tert-OH is 1. The number of allylic oxidation sites excluding steroid dienone is 6. The van der Waals surface area contributed by atoms with Gasteiger partial charge in [-0.2, -0.15) is 0 Å². The van der Waals surface area contributed by atoms with Gasteiger partial charge in [0.1, 0.15) is 6.61 Å². The van der Waals surface area contributed by atoms with E-state index in [4.69, 9.17) is 4.74 Å². The van der Waals surface area contributed by atoms with Crippen molar-refractivity contribution >= 4 is 17.5 Å². The van der Waals surface area contributed by atoms with Crippen LogP contribution in [0.3, 0.4) is 0 Å². The number of esters is 1. The predicted octanol–water partition coefficient (Wildman–Crippen LogP) is 3.43. The fourth-order valence-electron chi connectivity index (χ4n) is 7.51. The van der Waals surface area contributed by atoms with Crippen LogP contribution >= 0.6 is 0 Å². The molecule has 4 aliphatic carbocycles. The van der Waals surface area contributed by atoms with E-state index >= 15 is 0 Å². The van der Waals surface area contributed by atoms with Gasteiger partial charge in [-0.1, -0.05) is 38.5 Å². The summed E-state index contributed by atoms with van der Waals surface area (Å²) in [6.07, 6.45) is 8.42. The molecule has 2 saturated carbocycles. The molecule has 5 nitrogen and oxygen atoms in total. The van der Waals surface area contributed by atoms with Crippen LogP contribution in [0.25, 0.3) is 0 Å². The Kier molecular flexibility index (Phi) is 4.96. The van der Waals surface area contributed by atoms with Crippen LogP contribution in [0.15, 0.2) is 35.5 Å². The lowest BCUT2D eigenvalue weighted by Gasteiger charge is -2.57. The summed E-state index contributed by atoms with van der Waals surface area (Å²) in [6.45, 7) is 9.53. The topological polar surface area (TPSA) is 80.7 Å².